The summed E-state index contributed by atoms with van der Waals surface area (Å²) in [5.74, 6) is 0. The second kappa shape index (κ2) is 9.32. The molecule has 2 heteroatoms. The van der Waals surface area contributed by atoms with E-state index >= 15 is 0 Å². The fourth-order valence-corrected chi connectivity index (χ4v) is 4.00. The van der Waals surface area contributed by atoms with E-state index in [0.717, 1.165) is 0 Å². The van der Waals surface area contributed by atoms with Gasteiger partial charge in [0.25, 0.3) is 0 Å². The van der Waals surface area contributed by atoms with Gasteiger partial charge in [0, 0.05) is 0 Å². The van der Waals surface area contributed by atoms with E-state index < -0.39 is 0 Å². The summed E-state index contributed by atoms with van der Waals surface area (Å²) in [5, 5.41) is 16.0. The molecule has 0 aliphatic rings. The number of benzene rings is 4. The molecule has 2 heterocycles. The Morgan fingerprint density at radius 1 is 0.321 bits per heavy atom. The molecule has 0 nitrogen and oxygen atoms in total. The normalized spacial score (nSPS) is 10.1. The summed E-state index contributed by atoms with van der Waals surface area (Å²) in [7, 11) is 0. The number of thiophene rings is 2. The minimum absolute atomic E-state index is 1.31. The van der Waals surface area contributed by atoms with Gasteiger partial charge in [-0.2, -0.15) is 22.7 Å². The monoisotopic (exact) mass is 396 g/mol. The molecule has 4 aromatic carbocycles. The Balaban J connectivity index is 0.000000157. The molecule has 0 N–H and O–H groups in total. The molecule has 6 rings (SSSR count). The third kappa shape index (κ3) is 4.66. The Labute approximate surface area is 173 Å². The number of hydrogen-bond donors (Lipinski definition) is 0. The van der Waals surface area contributed by atoms with Gasteiger partial charge < -0.3 is 0 Å². The Morgan fingerprint density at radius 2 is 0.607 bits per heavy atom. The second-order valence-corrected chi connectivity index (χ2v) is 7.97. The zero-order chi connectivity index (χ0) is 19.0. The molecule has 0 radical (unpaired) electrons. The molecule has 0 aliphatic heterocycles. The van der Waals surface area contributed by atoms with Crippen LogP contribution in [-0.2, 0) is 0 Å². The number of fused-ring (bicyclic) bond motifs is 3. The number of rotatable bonds is 0. The zero-order valence-corrected chi connectivity index (χ0v) is 17.0. The van der Waals surface area contributed by atoms with Crippen LogP contribution in [-0.4, -0.2) is 0 Å². The molecule has 0 saturated carbocycles. The van der Waals surface area contributed by atoms with Crippen LogP contribution in [0, 0.1) is 0 Å². The lowest BCUT2D eigenvalue weighted by atomic mass is 10.00. The van der Waals surface area contributed by atoms with E-state index in [1.54, 1.807) is 22.7 Å². The molecule has 136 valence electrons. The highest BCUT2D eigenvalue weighted by atomic mass is 32.1. The molecule has 0 aliphatic carbocycles. The third-order valence-corrected chi connectivity index (χ3v) is 5.68. The lowest BCUT2D eigenvalue weighted by Crippen LogP contribution is -1.78. The van der Waals surface area contributed by atoms with Gasteiger partial charge in [-0.15, -0.1) is 0 Å². The summed E-state index contributed by atoms with van der Waals surface area (Å²) >= 11 is 3.43. The first-order valence-electron chi connectivity index (χ1n) is 9.16. The molecule has 0 spiro atoms. The maximum Gasteiger partial charge on any atom is -0.00934 e. The van der Waals surface area contributed by atoms with Gasteiger partial charge >= 0.3 is 0 Å². The van der Waals surface area contributed by atoms with Gasteiger partial charge in [-0.25, -0.2) is 0 Å². The van der Waals surface area contributed by atoms with Gasteiger partial charge in [0.05, 0.1) is 0 Å². The molecule has 0 bridgehead atoms. The largest absolute Gasteiger partial charge is 0.152 e. The molecule has 0 saturated heterocycles. The van der Waals surface area contributed by atoms with E-state index in [1.807, 2.05) is 45.8 Å². The van der Waals surface area contributed by atoms with Gasteiger partial charge in [0.2, 0.25) is 0 Å². The Morgan fingerprint density at radius 3 is 0.821 bits per heavy atom. The van der Waals surface area contributed by atoms with Crippen LogP contribution in [0.1, 0.15) is 0 Å². The maximum atomic E-state index is 2.27. The van der Waals surface area contributed by atoms with Crippen molar-refractivity contribution in [3.05, 3.63) is 119 Å². The Hall–Kier alpha value is -2.94. The Bertz CT molecular complexity index is 1050. The summed E-state index contributed by atoms with van der Waals surface area (Å²) in [5.41, 5.74) is 0. The Kier molecular flexibility index (Phi) is 6.13. The van der Waals surface area contributed by atoms with Crippen molar-refractivity contribution in [1.82, 2.24) is 0 Å². The van der Waals surface area contributed by atoms with E-state index in [9.17, 15) is 0 Å². The highest BCUT2D eigenvalue weighted by Gasteiger charge is 2.00. The summed E-state index contributed by atoms with van der Waals surface area (Å²) in [6, 6.07) is 34.2. The number of hydrogen-bond acceptors (Lipinski definition) is 2. The fourth-order valence-electron chi connectivity index (χ4n) is 3.09. The summed E-state index contributed by atoms with van der Waals surface area (Å²) in [6.45, 7) is 0. The molecule has 2 aromatic heterocycles. The van der Waals surface area contributed by atoms with Gasteiger partial charge in [0.1, 0.15) is 0 Å². The summed E-state index contributed by atoms with van der Waals surface area (Å²) < 4.78 is 0. The third-order valence-electron chi connectivity index (χ3n) is 4.42. The standard InChI is InChI=1S/C18H12.2C4H4S/c1-2-6-14-10-18-12-16-8-4-3-7-15(16)11-17(18)9-13(14)5-1;2*1-2-4-5-3-1/h1-12H;2*1-4H. The van der Waals surface area contributed by atoms with E-state index in [0.29, 0.717) is 0 Å². The van der Waals surface area contributed by atoms with E-state index in [1.165, 1.54) is 32.3 Å². The molecule has 28 heavy (non-hydrogen) atoms. The average molecular weight is 397 g/mol. The average Bonchev–Trinajstić information content (AvgIpc) is 3.50. The minimum atomic E-state index is 1.31. The van der Waals surface area contributed by atoms with Crippen molar-refractivity contribution >= 4 is 55.0 Å². The van der Waals surface area contributed by atoms with Crippen molar-refractivity contribution in [1.29, 1.82) is 0 Å². The van der Waals surface area contributed by atoms with Crippen LogP contribution in [0.3, 0.4) is 0 Å². The smallest absolute Gasteiger partial charge is 0.00934 e. The molecule has 0 atom stereocenters. The maximum absolute atomic E-state index is 2.27. The second-order valence-electron chi connectivity index (χ2n) is 6.33. The quantitative estimate of drug-likeness (QED) is 0.225. The van der Waals surface area contributed by atoms with Crippen molar-refractivity contribution in [3.63, 3.8) is 0 Å². The van der Waals surface area contributed by atoms with Crippen molar-refractivity contribution in [2.24, 2.45) is 0 Å². The molecule has 0 amide bonds. The van der Waals surface area contributed by atoms with Crippen molar-refractivity contribution in [3.8, 4) is 0 Å². The first-order valence-corrected chi connectivity index (χ1v) is 11.0. The molecule has 0 unspecified atom stereocenters. The summed E-state index contributed by atoms with van der Waals surface area (Å²) in [6.07, 6.45) is 0. The fraction of sp³-hybridized carbons (Fsp3) is 0. The highest BCUT2D eigenvalue weighted by molar-refractivity contribution is 7.08. The summed E-state index contributed by atoms with van der Waals surface area (Å²) in [4.78, 5) is 0. The van der Waals surface area contributed by atoms with Crippen LogP contribution in [0.2, 0.25) is 0 Å². The highest BCUT2D eigenvalue weighted by Crippen LogP contribution is 2.27. The van der Waals surface area contributed by atoms with Crippen LogP contribution in [0.25, 0.3) is 32.3 Å². The molecule has 0 fully saturated rings. The minimum Gasteiger partial charge on any atom is -0.152 e. The van der Waals surface area contributed by atoms with E-state index in [4.69, 9.17) is 0 Å². The van der Waals surface area contributed by atoms with Gasteiger partial charge in [0.15, 0.2) is 0 Å². The van der Waals surface area contributed by atoms with E-state index in [2.05, 4.69) is 72.8 Å². The van der Waals surface area contributed by atoms with Crippen molar-refractivity contribution in [2.45, 2.75) is 0 Å². The van der Waals surface area contributed by atoms with Crippen LogP contribution in [0.4, 0.5) is 0 Å². The molecular formula is C26H20S2. The molecular weight excluding hydrogens is 376 g/mol. The van der Waals surface area contributed by atoms with Crippen LogP contribution < -0.4 is 0 Å². The topological polar surface area (TPSA) is 0 Å². The van der Waals surface area contributed by atoms with Crippen LogP contribution in [0.15, 0.2) is 119 Å². The van der Waals surface area contributed by atoms with Crippen molar-refractivity contribution < 1.29 is 0 Å². The predicted octanol–water partition coefficient (Wildman–Crippen LogP) is 8.64. The lowest BCUT2D eigenvalue weighted by Gasteiger charge is -2.04. The zero-order valence-electron chi connectivity index (χ0n) is 15.4. The SMILES string of the molecule is c1ccc2cc3cc4ccccc4cc3cc2c1.c1ccsc1.c1ccsc1. The van der Waals surface area contributed by atoms with Crippen LogP contribution in [0.5, 0.6) is 0 Å². The van der Waals surface area contributed by atoms with Gasteiger partial charge in [-0.05, 0) is 78.1 Å². The first kappa shape index (κ1) is 18.4. The van der Waals surface area contributed by atoms with Gasteiger partial charge in [-0.1, -0.05) is 72.8 Å². The predicted molar refractivity (Wildman–Crippen MR) is 128 cm³/mol. The molecule has 6 aromatic rings. The lowest BCUT2D eigenvalue weighted by molar-refractivity contribution is 1.77. The van der Waals surface area contributed by atoms with E-state index in [-0.39, 0.29) is 0 Å². The van der Waals surface area contributed by atoms with Crippen molar-refractivity contribution in [2.75, 3.05) is 0 Å². The first-order chi connectivity index (χ1) is 13.9. The van der Waals surface area contributed by atoms with Gasteiger partial charge in [-0.3, -0.25) is 0 Å². The van der Waals surface area contributed by atoms with Crippen LogP contribution >= 0.6 is 22.7 Å².